The number of hydrogen-bond acceptors (Lipinski definition) is 1. The van der Waals surface area contributed by atoms with Crippen molar-refractivity contribution in [3.8, 4) is 0 Å². The highest BCUT2D eigenvalue weighted by Crippen LogP contribution is 2.48. The quantitative estimate of drug-likeness (QED) is 0.410. The second kappa shape index (κ2) is 4.72. The molecule has 1 aliphatic heterocycles. The zero-order valence-electron chi connectivity index (χ0n) is 11.4. The van der Waals surface area contributed by atoms with Gasteiger partial charge in [-0.2, -0.15) is 4.99 Å². The number of benzene rings is 1. The van der Waals surface area contributed by atoms with Crippen LogP contribution in [0, 0.1) is 0 Å². The first kappa shape index (κ1) is 12.8. The summed E-state index contributed by atoms with van der Waals surface area (Å²) in [5, 5.41) is 0. The van der Waals surface area contributed by atoms with E-state index in [4.69, 9.17) is 0 Å². The van der Waals surface area contributed by atoms with Crippen LogP contribution >= 0.6 is 9.24 Å². The van der Waals surface area contributed by atoms with E-state index < -0.39 is 0 Å². The number of aliphatic imine (C=N–C) groups is 1. The van der Waals surface area contributed by atoms with Gasteiger partial charge < -0.3 is 4.90 Å². The molecule has 3 nitrogen and oxygen atoms in total. The van der Waals surface area contributed by atoms with Gasteiger partial charge in [0.25, 0.3) is 5.65 Å². The lowest BCUT2D eigenvalue weighted by atomic mass is 9.81. The SMILES string of the molecule is C/C(=N\C(=O)P)N1c2cccc3c2C(CCC3)C1C. The van der Waals surface area contributed by atoms with E-state index in [1.54, 1.807) is 0 Å². The topological polar surface area (TPSA) is 32.7 Å². The summed E-state index contributed by atoms with van der Waals surface area (Å²) in [6.45, 7) is 4.17. The van der Waals surface area contributed by atoms with Gasteiger partial charge in [0.05, 0.1) is 0 Å². The Balaban J connectivity index is 2.11. The summed E-state index contributed by atoms with van der Waals surface area (Å²) >= 11 is 0. The van der Waals surface area contributed by atoms with Gasteiger partial charge in [-0.15, -0.1) is 0 Å². The van der Waals surface area contributed by atoms with E-state index in [1.807, 2.05) is 6.92 Å². The molecule has 1 aromatic carbocycles. The van der Waals surface area contributed by atoms with E-state index in [0.29, 0.717) is 12.0 Å². The Morgan fingerprint density at radius 1 is 1.47 bits per heavy atom. The van der Waals surface area contributed by atoms with Crippen LogP contribution in [-0.4, -0.2) is 17.5 Å². The Hall–Kier alpha value is -1.21. The fraction of sp³-hybridized carbons (Fsp3) is 0.467. The second-order valence-corrected chi connectivity index (χ2v) is 5.95. The lowest BCUT2D eigenvalue weighted by Crippen LogP contribution is -2.36. The number of anilines is 1. The summed E-state index contributed by atoms with van der Waals surface area (Å²) in [6.07, 6.45) is 3.68. The third kappa shape index (κ3) is 2.01. The van der Waals surface area contributed by atoms with Crippen LogP contribution in [0.5, 0.6) is 0 Å². The van der Waals surface area contributed by atoms with Gasteiger partial charge in [-0.25, -0.2) is 0 Å². The van der Waals surface area contributed by atoms with E-state index in [1.165, 1.54) is 36.1 Å². The first-order valence-electron chi connectivity index (χ1n) is 6.85. The van der Waals surface area contributed by atoms with E-state index >= 15 is 0 Å². The van der Waals surface area contributed by atoms with Crippen LogP contribution in [0.15, 0.2) is 23.2 Å². The number of aryl methyl sites for hydroxylation is 1. The number of nitrogens with zero attached hydrogens (tertiary/aromatic N) is 2. The van der Waals surface area contributed by atoms with Crippen LogP contribution in [-0.2, 0) is 6.42 Å². The lowest BCUT2D eigenvalue weighted by molar-refractivity contribution is 0.267. The zero-order chi connectivity index (χ0) is 13.6. The van der Waals surface area contributed by atoms with Crippen LogP contribution in [0.1, 0.15) is 43.7 Å². The van der Waals surface area contributed by atoms with Gasteiger partial charge in [0, 0.05) is 17.6 Å². The van der Waals surface area contributed by atoms with Crippen LogP contribution < -0.4 is 4.90 Å². The molecule has 3 unspecified atom stereocenters. The highest BCUT2D eigenvalue weighted by molar-refractivity contribution is 7.40. The molecule has 19 heavy (non-hydrogen) atoms. The Kier molecular flexibility index (Phi) is 3.18. The highest BCUT2D eigenvalue weighted by atomic mass is 31.0. The Morgan fingerprint density at radius 2 is 2.26 bits per heavy atom. The second-order valence-electron chi connectivity index (χ2n) is 5.46. The summed E-state index contributed by atoms with van der Waals surface area (Å²) < 4.78 is 0. The number of rotatable bonds is 0. The van der Waals surface area contributed by atoms with Crippen molar-refractivity contribution in [3.05, 3.63) is 29.3 Å². The molecule has 1 aliphatic carbocycles. The zero-order valence-corrected chi connectivity index (χ0v) is 12.5. The average Bonchev–Trinajstić information content (AvgIpc) is 2.65. The van der Waals surface area contributed by atoms with Gasteiger partial charge in [-0.3, -0.25) is 4.79 Å². The molecule has 1 aromatic rings. The van der Waals surface area contributed by atoms with Gasteiger partial charge in [0.2, 0.25) is 0 Å². The molecule has 0 saturated heterocycles. The number of amides is 1. The molecule has 1 heterocycles. The van der Waals surface area contributed by atoms with Crippen molar-refractivity contribution in [2.75, 3.05) is 4.90 Å². The molecule has 1 amide bonds. The largest absolute Gasteiger partial charge is 0.326 e. The minimum atomic E-state index is -0.208. The third-order valence-corrected chi connectivity index (χ3v) is 4.50. The first-order valence-corrected chi connectivity index (χ1v) is 7.43. The normalized spacial score (nSPS) is 25.4. The predicted octanol–water partition coefficient (Wildman–Crippen LogP) is 3.73. The minimum Gasteiger partial charge on any atom is -0.326 e. The van der Waals surface area contributed by atoms with Crippen molar-refractivity contribution < 1.29 is 4.79 Å². The van der Waals surface area contributed by atoms with Crippen molar-refractivity contribution in [1.29, 1.82) is 0 Å². The van der Waals surface area contributed by atoms with Gasteiger partial charge in [0.1, 0.15) is 5.84 Å². The minimum absolute atomic E-state index is 0.208. The van der Waals surface area contributed by atoms with Gasteiger partial charge in [-0.1, -0.05) is 12.1 Å². The Morgan fingerprint density at radius 3 is 3.00 bits per heavy atom. The van der Waals surface area contributed by atoms with Crippen molar-refractivity contribution in [2.24, 2.45) is 4.99 Å². The lowest BCUT2D eigenvalue weighted by Gasteiger charge is -2.27. The molecule has 0 radical (unpaired) electrons. The van der Waals surface area contributed by atoms with E-state index in [0.717, 1.165) is 5.84 Å². The smallest absolute Gasteiger partial charge is 0.261 e. The van der Waals surface area contributed by atoms with Crippen LogP contribution in [0.4, 0.5) is 10.5 Å². The van der Waals surface area contributed by atoms with Crippen LogP contribution in [0.25, 0.3) is 0 Å². The molecule has 2 aliphatic rings. The predicted molar refractivity (Wildman–Crippen MR) is 82.3 cm³/mol. The summed E-state index contributed by atoms with van der Waals surface area (Å²) in [7, 11) is 2.12. The molecule has 3 rings (SSSR count). The number of carbonyl (C=O) groups is 1. The van der Waals surface area contributed by atoms with E-state index in [9.17, 15) is 4.79 Å². The maximum Gasteiger partial charge on any atom is 0.261 e. The van der Waals surface area contributed by atoms with Crippen molar-refractivity contribution in [1.82, 2.24) is 0 Å². The maximum absolute atomic E-state index is 11.2. The highest BCUT2D eigenvalue weighted by Gasteiger charge is 2.39. The van der Waals surface area contributed by atoms with Crippen molar-refractivity contribution in [2.45, 2.75) is 45.1 Å². The standard InChI is InChI=1S/C15H19N2OP/c1-9-12-7-3-5-11-6-4-8-13(14(11)12)17(9)10(2)16-15(18)19/h4,6,8-9,12H,3,5,7,19H2,1-2H3/b16-10+. The Labute approximate surface area is 116 Å². The summed E-state index contributed by atoms with van der Waals surface area (Å²) in [4.78, 5) is 17.5. The van der Waals surface area contributed by atoms with E-state index in [2.05, 4.69) is 44.3 Å². The molecular formula is C15H19N2OP. The number of hydrogen-bond donors (Lipinski definition) is 0. The van der Waals surface area contributed by atoms with Crippen LogP contribution in [0.3, 0.4) is 0 Å². The molecule has 0 N–H and O–H groups in total. The number of amidine groups is 1. The molecular weight excluding hydrogens is 255 g/mol. The maximum atomic E-state index is 11.2. The summed E-state index contributed by atoms with van der Waals surface area (Å²) in [5.74, 6) is 1.39. The monoisotopic (exact) mass is 274 g/mol. The summed E-state index contributed by atoms with van der Waals surface area (Å²) in [5.41, 5.74) is 4.02. The Bertz CT molecular complexity index is 567. The third-order valence-electron chi connectivity index (χ3n) is 4.38. The molecule has 0 saturated carbocycles. The van der Waals surface area contributed by atoms with Gasteiger partial charge in [0.15, 0.2) is 0 Å². The fourth-order valence-electron chi connectivity index (χ4n) is 3.68. The molecule has 0 bridgehead atoms. The molecule has 100 valence electrons. The number of carbonyl (C=O) groups excluding carboxylic acids is 1. The molecule has 0 aromatic heterocycles. The fourth-order valence-corrected chi connectivity index (χ4v) is 3.86. The van der Waals surface area contributed by atoms with E-state index in [-0.39, 0.29) is 5.65 Å². The molecule has 4 heteroatoms. The molecule has 0 fully saturated rings. The molecule has 3 atom stereocenters. The van der Waals surface area contributed by atoms with Gasteiger partial charge in [-0.05, 0) is 59.5 Å². The first-order chi connectivity index (χ1) is 9.09. The summed E-state index contributed by atoms with van der Waals surface area (Å²) in [6, 6.07) is 6.92. The van der Waals surface area contributed by atoms with Crippen molar-refractivity contribution in [3.63, 3.8) is 0 Å². The van der Waals surface area contributed by atoms with Crippen molar-refractivity contribution >= 4 is 26.4 Å². The average molecular weight is 274 g/mol. The van der Waals surface area contributed by atoms with Crippen LogP contribution in [0.2, 0.25) is 0 Å². The van der Waals surface area contributed by atoms with Gasteiger partial charge >= 0.3 is 0 Å². The molecule has 0 spiro atoms.